The molecule has 4 rings (SSSR count). The third-order valence-corrected chi connectivity index (χ3v) is 6.50. The molecular formula is C23H19F2N5OS2. The normalized spacial score (nSPS) is 11.8. The zero-order valence-corrected chi connectivity index (χ0v) is 19.2. The molecule has 0 bridgehead atoms. The maximum Gasteiger partial charge on any atom is 0.239 e. The number of allylic oxidation sites excluding steroid dienone is 1. The summed E-state index contributed by atoms with van der Waals surface area (Å²) in [5, 5.41) is 13.5. The SMILES string of the molecule is C=CCn1c(SC(C)C(=O)Nc2nc(-c3ccc(F)c(F)c3)cs2)nnc1-c1ccccc1. The molecule has 1 amide bonds. The molecule has 0 spiro atoms. The second kappa shape index (κ2) is 10.1. The molecular weight excluding hydrogens is 464 g/mol. The van der Waals surface area contributed by atoms with E-state index in [1.54, 1.807) is 18.4 Å². The zero-order chi connectivity index (χ0) is 23.4. The number of thiazole rings is 1. The zero-order valence-electron chi connectivity index (χ0n) is 17.5. The molecule has 2 aromatic heterocycles. The van der Waals surface area contributed by atoms with Gasteiger partial charge in [0.05, 0.1) is 10.9 Å². The summed E-state index contributed by atoms with van der Waals surface area (Å²) in [6.07, 6.45) is 1.75. The van der Waals surface area contributed by atoms with Gasteiger partial charge in [0, 0.05) is 23.1 Å². The van der Waals surface area contributed by atoms with Crippen molar-refractivity contribution in [1.82, 2.24) is 19.7 Å². The van der Waals surface area contributed by atoms with Crippen LogP contribution in [-0.4, -0.2) is 30.9 Å². The van der Waals surface area contributed by atoms with E-state index in [4.69, 9.17) is 0 Å². The van der Waals surface area contributed by atoms with Crippen molar-refractivity contribution in [3.8, 4) is 22.6 Å². The van der Waals surface area contributed by atoms with E-state index in [0.29, 0.717) is 33.9 Å². The van der Waals surface area contributed by atoms with Crippen molar-refractivity contribution in [3.63, 3.8) is 0 Å². The fraction of sp³-hybridized carbons (Fsp3) is 0.130. The van der Waals surface area contributed by atoms with E-state index < -0.39 is 16.9 Å². The van der Waals surface area contributed by atoms with E-state index in [9.17, 15) is 13.6 Å². The Labute approximate surface area is 197 Å². The van der Waals surface area contributed by atoms with Gasteiger partial charge < -0.3 is 5.32 Å². The number of nitrogens with one attached hydrogen (secondary N) is 1. The van der Waals surface area contributed by atoms with Gasteiger partial charge in [0.25, 0.3) is 0 Å². The summed E-state index contributed by atoms with van der Waals surface area (Å²) in [7, 11) is 0. The average Bonchev–Trinajstić information content (AvgIpc) is 3.44. The van der Waals surface area contributed by atoms with E-state index in [0.717, 1.165) is 17.7 Å². The first-order valence-corrected chi connectivity index (χ1v) is 11.7. The number of hydrogen-bond donors (Lipinski definition) is 1. The van der Waals surface area contributed by atoms with Gasteiger partial charge in [0.2, 0.25) is 5.91 Å². The minimum atomic E-state index is -0.949. The summed E-state index contributed by atoms with van der Waals surface area (Å²) >= 11 is 2.48. The van der Waals surface area contributed by atoms with Crippen LogP contribution in [0.25, 0.3) is 22.6 Å². The highest BCUT2D eigenvalue weighted by Gasteiger charge is 2.21. The number of aromatic nitrogens is 4. The van der Waals surface area contributed by atoms with Gasteiger partial charge >= 0.3 is 0 Å². The molecule has 1 atom stereocenters. The van der Waals surface area contributed by atoms with E-state index in [1.165, 1.54) is 29.2 Å². The molecule has 0 aliphatic carbocycles. The van der Waals surface area contributed by atoms with E-state index >= 15 is 0 Å². The van der Waals surface area contributed by atoms with Crippen LogP contribution in [0.5, 0.6) is 0 Å². The average molecular weight is 484 g/mol. The first-order chi connectivity index (χ1) is 16.0. The number of nitrogens with zero attached hydrogens (tertiary/aromatic N) is 4. The van der Waals surface area contributed by atoms with Gasteiger partial charge in [0.1, 0.15) is 0 Å². The summed E-state index contributed by atoms with van der Waals surface area (Å²) < 4.78 is 28.6. The second-order valence-electron chi connectivity index (χ2n) is 6.99. The third-order valence-electron chi connectivity index (χ3n) is 4.66. The molecule has 168 valence electrons. The lowest BCUT2D eigenvalue weighted by molar-refractivity contribution is -0.115. The summed E-state index contributed by atoms with van der Waals surface area (Å²) in [4.78, 5) is 17.1. The first kappa shape index (κ1) is 22.8. The van der Waals surface area contributed by atoms with E-state index in [1.807, 2.05) is 34.9 Å². The van der Waals surface area contributed by atoms with Gasteiger partial charge in [-0.05, 0) is 25.1 Å². The second-order valence-corrected chi connectivity index (χ2v) is 9.15. The van der Waals surface area contributed by atoms with Crippen LogP contribution < -0.4 is 5.32 Å². The third kappa shape index (κ3) is 5.18. The summed E-state index contributed by atoms with van der Waals surface area (Å²) in [6.45, 7) is 6.06. The largest absolute Gasteiger partial charge is 0.301 e. The van der Waals surface area contributed by atoms with E-state index in [-0.39, 0.29) is 5.91 Å². The molecule has 1 N–H and O–H groups in total. The van der Waals surface area contributed by atoms with Gasteiger partial charge in [-0.2, -0.15) is 0 Å². The number of carbonyl (C=O) groups is 1. The molecule has 33 heavy (non-hydrogen) atoms. The molecule has 0 aliphatic rings. The van der Waals surface area contributed by atoms with Crippen molar-refractivity contribution in [2.75, 3.05) is 5.32 Å². The fourth-order valence-electron chi connectivity index (χ4n) is 3.01. The van der Waals surface area contributed by atoms with Gasteiger partial charge in [0.15, 0.2) is 27.7 Å². The molecule has 0 fully saturated rings. The van der Waals surface area contributed by atoms with Gasteiger partial charge in [-0.15, -0.1) is 28.1 Å². The minimum absolute atomic E-state index is 0.263. The molecule has 4 aromatic rings. The number of benzene rings is 2. The number of rotatable bonds is 8. The lowest BCUT2D eigenvalue weighted by Crippen LogP contribution is -2.22. The van der Waals surface area contributed by atoms with Crippen LogP contribution >= 0.6 is 23.1 Å². The Morgan fingerprint density at radius 2 is 1.97 bits per heavy atom. The topological polar surface area (TPSA) is 72.7 Å². The number of halogens is 2. The number of hydrogen-bond acceptors (Lipinski definition) is 6. The highest BCUT2D eigenvalue weighted by molar-refractivity contribution is 8.00. The molecule has 0 saturated heterocycles. The Kier molecular flexibility index (Phi) is 6.95. The molecule has 0 radical (unpaired) electrons. The van der Waals surface area contributed by atoms with Crippen LogP contribution in [-0.2, 0) is 11.3 Å². The highest BCUT2D eigenvalue weighted by Crippen LogP contribution is 2.29. The Hall–Kier alpha value is -3.37. The van der Waals surface area contributed by atoms with Gasteiger partial charge in [-0.25, -0.2) is 13.8 Å². The van der Waals surface area contributed by atoms with Crippen LogP contribution in [0.4, 0.5) is 13.9 Å². The summed E-state index contributed by atoms with van der Waals surface area (Å²) in [6, 6.07) is 13.2. The van der Waals surface area contributed by atoms with Gasteiger partial charge in [-0.1, -0.05) is 48.2 Å². The van der Waals surface area contributed by atoms with Crippen molar-refractivity contribution in [3.05, 3.63) is 78.2 Å². The maximum atomic E-state index is 13.5. The van der Waals surface area contributed by atoms with Crippen LogP contribution in [0, 0.1) is 11.6 Å². The molecule has 0 saturated carbocycles. The van der Waals surface area contributed by atoms with Crippen LogP contribution in [0.1, 0.15) is 6.92 Å². The molecule has 2 aromatic carbocycles. The number of amides is 1. The number of thioether (sulfide) groups is 1. The van der Waals surface area contributed by atoms with Crippen LogP contribution in [0.2, 0.25) is 0 Å². The standard InChI is InChI=1S/C23H19F2N5OS2/c1-3-11-30-20(15-7-5-4-6-8-15)28-29-23(30)33-14(2)21(31)27-22-26-19(13-32-22)16-9-10-17(24)18(25)12-16/h3-10,12-14H,1,11H2,2H3,(H,26,27,31). The van der Waals surface area contributed by atoms with Crippen molar-refractivity contribution in [2.24, 2.45) is 0 Å². The Balaban J connectivity index is 1.46. The highest BCUT2D eigenvalue weighted by atomic mass is 32.2. The Morgan fingerprint density at radius 1 is 1.18 bits per heavy atom. The predicted molar refractivity (Wildman–Crippen MR) is 127 cm³/mol. The maximum absolute atomic E-state index is 13.5. The Morgan fingerprint density at radius 3 is 2.70 bits per heavy atom. The van der Waals surface area contributed by atoms with Crippen LogP contribution in [0.3, 0.4) is 0 Å². The first-order valence-electron chi connectivity index (χ1n) is 9.94. The summed E-state index contributed by atoms with van der Waals surface area (Å²) in [5.41, 5.74) is 1.80. The van der Waals surface area contributed by atoms with E-state index in [2.05, 4.69) is 27.1 Å². The molecule has 1 unspecified atom stereocenters. The molecule has 6 nitrogen and oxygen atoms in total. The number of carbonyl (C=O) groups excluding carboxylic acids is 1. The molecule has 0 aliphatic heterocycles. The quantitative estimate of drug-likeness (QED) is 0.259. The molecule has 2 heterocycles. The smallest absolute Gasteiger partial charge is 0.239 e. The monoisotopic (exact) mass is 483 g/mol. The lowest BCUT2D eigenvalue weighted by Gasteiger charge is -2.12. The van der Waals surface area contributed by atoms with Crippen molar-refractivity contribution in [2.45, 2.75) is 23.9 Å². The molecule has 10 heteroatoms. The van der Waals surface area contributed by atoms with Crippen molar-refractivity contribution >= 4 is 34.1 Å². The number of anilines is 1. The van der Waals surface area contributed by atoms with Gasteiger partial charge in [-0.3, -0.25) is 9.36 Å². The lowest BCUT2D eigenvalue weighted by atomic mass is 10.2. The van der Waals surface area contributed by atoms with Crippen molar-refractivity contribution < 1.29 is 13.6 Å². The van der Waals surface area contributed by atoms with Crippen molar-refractivity contribution in [1.29, 1.82) is 0 Å². The Bertz CT molecular complexity index is 1290. The minimum Gasteiger partial charge on any atom is -0.301 e. The predicted octanol–water partition coefficient (Wildman–Crippen LogP) is 5.65. The fourth-order valence-corrected chi connectivity index (χ4v) is 4.59. The van der Waals surface area contributed by atoms with Crippen LogP contribution in [0.15, 0.2) is 71.7 Å². The summed E-state index contributed by atoms with van der Waals surface area (Å²) in [5.74, 6) is -1.44.